The van der Waals surface area contributed by atoms with Gasteiger partial charge >= 0.3 is 0 Å². The van der Waals surface area contributed by atoms with Gasteiger partial charge in [-0.25, -0.2) is 0 Å². The molecule has 1 aromatic rings. The van der Waals surface area contributed by atoms with Crippen LogP contribution in [0, 0.1) is 5.92 Å². The van der Waals surface area contributed by atoms with Crippen LogP contribution in [0.1, 0.15) is 51.0 Å². The van der Waals surface area contributed by atoms with Crippen LogP contribution >= 0.6 is 23.2 Å². The predicted molar refractivity (Wildman–Crippen MR) is 107 cm³/mol. The number of nitrogens with one attached hydrogen (secondary N) is 1. The van der Waals surface area contributed by atoms with E-state index in [1.165, 1.54) is 0 Å². The normalized spacial score (nSPS) is 17.2. The lowest BCUT2D eigenvalue weighted by atomic mass is 9.96. The molecule has 1 unspecified atom stereocenters. The van der Waals surface area contributed by atoms with Crippen molar-refractivity contribution in [2.45, 2.75) is 51.9 Å². The van der Waals surface area contributed by atoms with Crippen LogP contribution in [0.3, 0.4) is 0 Å². The summed E-state index contributed by atoms with van der Waals surface area (Å²) in [4.78, 5) is 26.6. The summed E-state index contributed by atoms with van der Waals surface area (Å²) in [6.45, 7) is 4.13. The van der Waals surface area contributed by atoms with Gasteiger partial charge in [0.1, 0.15) is 0 Å². The maximum atomic E-state index is 12.5. The van der Waals surface area contributed by atoms with E-state index < -0.39 is 0 Å². The number of piperidine rings is 1. The van der Waals surface area contributed by atoms with E-state index in [4.69, 9.17) is 23.2 Å². The van der Waals surface area contributed by atoms with E-state index in [1.54, 1.807) is 6.07 Å². The van der Waals surface area contributed by atoms with E-state index in [9.17, 15) is 9.59 Å². The number of amides is 2. The van der Waals surface area contributed by atoms with Crippen LogP contribution in [-0.2, 0) is 16.0 Å². The third kappa shape index (κ3) is 6.48. The second-order valence-corrected chi connectivity index (χ2v) is 7.74. The Morgan fingerprint density at radius 2 is 2.04 bits per heavy atom. The maximum absolute atomic E-state index is 12.5. The summed E-state index contributed by atoms with van der Waals surface area (Å²) < 4.78 is 0. The smallest absolute Gasteiger partial charge is 0.224 e. The number of carbonyl (C=O) groups excluding carboxylic acids is 2. The van der Waals surface area contributed by atoms with Gasteiger partial charge in [-0.1, -0.05) is 42.6 Å². The second kappa shape index (κ2) is 10.8. The molecule has 1 fully saturated rings. The number of benzene rings is 1. The molecule has 1 atom stereocenters. The van der Waals surface area contributed by atoms with Gasteiger partial charge in [0.15, 0.2) is 0 Å². The third-order valence-corrected chi connectivity index (χ3v) is 5.55. The minimum absolute atomic E-state index is 0.0698. The molecule has 1 heterocycles. The molecule has 1 saturated heterocycles. The summed E-state index contributed by atoms with van der Waals surface area (Å²) in [5.74, 6) is 0.155. The summed E-state index contributed by atoms with van der Waals surface area (Å²) in [6, 6.07) is 5.58. The average Bonchev–Trinajstić information content (AvgIpc) is 2.64. The molecule has 26 heavy (non-hydrogen) atoms. The lowest BCUT2D eigenvalue weighted by Crippen LogP contribution is -2.45. The highest BCUT2D eigenvalue weighted by atomic mass is 35.5. The number of hydrogen-bond acceptors (Lipinski definition) is 2. The van der Waals surface area contributed by atoms with Gasteiger partial charge in [-0.2, -0.15) is 0 Å². The van der Waals surface area contributed by atoms with Crippen LogP contribution < -0.4 is 5.32 Å². The molecular weight excluding hydrogens is 371 g/mol. The Kier molecular flexibility index (Phi) is 8.73. The largest absolute Gasteiger partial charge is 0.356 e. The van der Waals surface area contributed by atoms with Crippen LogP contribution in [0.25, 0.3) is 0 Å². The molecule has 2 rings (SSSR count). The highest BCUT2D eigenvalue weighted by Gasteiger charge is 2.27. The van der Waals surface area contributed by atoms with Crippen molar-refractivity contribution in [3.63, 3.8) is 0 Å². The third-order valence-electron chi connectivity index (χ3n) is 4.81. The standard InChI is InChI=1S/C20H28Cl2N2O2/c1-2-3-11-23-20(26)16-7-5-12-24(14-16)19(25)8-4-6-15-9-10-17(21)18(22)13-15/h9-10,13,16H,2-8,11-12,14H2,1H3,(H,23,26). The summed E-state index contributed by atoms with van der Waals surface area (Å²) in [7, 11) is 0. The quantitative estimate of drug-likeness (QED) is 0.656. The number of likely N-dealkylation sites (tertiary alicyclic amines) is 1. The fourth-order valence-corrected chi connectivity index (χ4v) is 3.57. The van der Waals surface area contributed by atoms with Crippen molar-refractivity contribution in [3.05, 3.63) is 33.8 Å². The zero-order valence-electron chi connectivity index (χ0n) is 15.4. The van der Waals surface area contributed by atoms with E-state index in [1.807, 2.05) is 17.0 Å². The first-order chi connectivity index (χ1) is 12.5. The molecule has 0 radical (unpaired) electrons. The Morgan fingerprint density at radius 1 is 1.23 bits per heavy atom. The zero-order chi connectivity index (χ0) is 18.9. The van der Waals surface area contributed by atoms with Gasteiger partial charge in [0, 0.05) is 26.1 Å². The Bertz CT molecular complexity index is 622. The molecule has 4 nitrogen and oxygen atoms in total. The zero-order valence-corrected chi connectivity index (χ0v) is 16.9. The molecule has 0 bridgehead atoms. The first-order valence-electron chi connectivity index (χ1n) is 9.50. The number of unbranched alkanes of at least 4 members (excludes halogenated alkanes) is 1. The van der Waals surface area contributed by atoms with Gasteiger partial charge in [-0.15, -0.1) is 0 Å². The Balaban J connectivity index is 1.75. The number of aryl methyl sites for hydroxylation is 1. The molecule has 0 aliphatic carbocycles. The first kappa shape index (κ1) is 21.0. The molecule has 1 aliphatic rings. The van der Waals surface area contributed by atoms with Gasteiger partial charge < -0.3 is 10.2 Å². The SMILES string of the molecule is CCCCNC(=O)C1CCCN(C(=O)CCCc2ccc(Cl)c(Cl)c2)C1. The van der Waals surface area contributed by atoms with Crippen molar-refractivity contribution >= 4 is 35.0 Å². The summed E-state index contributed by atoms with van der Waals surface area (Å²) in [5.41, 5.74) is 1.08. The van der Waals surface area contributed by atoms with Crippen molar-refractivity contribution < 1.29 is 9.59 Å². The molecule has 2 amide bonds. The molecule has 144 valence electrons. The highest BCUT2D eigenvalue weighted by Crippen LogP contribution is 2.23. The molecule has 1 N–H and O–H groups in total. The lowest BCUT2D eigenvalue weighted by molar-refractivity contribution is -0.135. The summed E-state index contributed by atoms with van der Waals surface area (Å²) in [5, 5.41) is 4.08. The van der Waals surface area contributed by atoms with Crippen molar-refractivity contribution in [3.8, 4) is 0 Å². The average molecular weight is 399 g/mol. The number of halogens is 2. The van der Waals surface area contributed by atoms with E-state index in [0.29, 0.717) is 23.0 Å². The first-order valence-corrected chi connectivity index (χ1v) is 10.3. The van der Waals surface area contributed by atoms with Gasteiger partial charge in [-0.05, 0) is 49.8 Å². The van der Waals surface area contributed by atoms with Crippen LogP contribution in [0.15, 0.2) is 18.2 Å². The van der Waals surface area contributed by atoms with Gasteiger partial charge in [-0.3, -0.25) is 9.59 Å². The van der Waals surface area contributed by atoms with Crippen molar-refractivity contribution in [1.82, 2.24) is 10.2 Å². The monoisotopic (exact) mass is 398 g/mol. The number of hydrogen-bond donors (Lipinski definition) is 1. The van der Waals surface area contributed by atoms with E-state index in [-0.39, 0.29) is 17.7 Å². The fraction of sp³-hybridized carbons (Fsp3) is 0.600. The van der Waals surface area contributed by atoms with Crippen molar-refractivity contribution in [2.24, 2.45) is 5.92 Å². The Morgan fingerprint density at radius 3 is 2.77 bits per heavy atom. The van der Waals surface area contributed by atoms with Crippen LogP contribution in [-0.4, -0.2) is 36.3 Å². The Labute approximate surface area is 166 Å². The molecule has 0 spiro atoms. The minimum atomic E-state index is -0.0698. The summed E-state index contributed by atoms with van der Waals surface area (Å²) >= 11 is 11.9. The van der Waals surface area contributed by atoms with Crippen molar-refractivity contribution in [2.75, 3.05) is 19.6 Å². The second-order valence-electron chi connectivity index (χ2n) is 6.93. The number of rotatable bonds is 8. The van der Waals surface area contributed by atoms with Gasteiger partial charge in [0.2, 0.25) is 11.8 Å². The molecule has 1 aromatic carbocycles. The van der Waals surface area contributed by atoms with Gasteiger partial charge in [0.05, 0.1) is 16.0 Å². The molecule has 1 aliphatic heterocycles. The van der Waals surface area contributed by atoms with Gasteiger partial charge in [0.25, 0.3) is 0 Å². The molecule has 6 heteroatoms. The Hall–Kier alpha value is -1.26. The number of carbonyl (C=O) groups is 2. The van der Waals surface area contributed by atoms with Crippen LogP contribution in [0.2, 0.25) is 10.0 Å². The van der Waals surface area contributed by atoms with Crippen molar-refractivity contribution in [1.29, 1.82) is 0 Å². The van der Waals surface area contributed by atoms with E-state index in [0.717, 1.165) is 57.2 Å². The minimum Gasteiger partial charge on any atom is -0.356 e. The number of nitrogens with zero attached hydrogens (tertiary/aromatic N) is 1. The molecule has 0 saturated carbocycles. The van der Waals surface area contributed by atoms with Crippen LogP contribution in [0.4, 0.5) is 0 Å². The highest BCUT2D eigenvalue weighted by molar-refractivity contribution is 6.42. The van der Waals surface area contributed by atoms with E-state index >= 15 is 0 Å². The molecule has 0 aromatic heterocycles. The lowest BCUT2D eigenvalue weighted by Gasteiger charge is -2.32. The van der Waals surface area contributed by atoms with E-state index in [2.05, 4.69) is 12.2 Å². The molecular formula is C20H28Cl2N2O2. The van der Waals surface area contributed by atoms with Crippen LogP contribution in [0.5, 0.6) is 0 Å². The predicted octanol–water partition coefficient (Wildman–Crippen LogP) is 4.47. The summed E-state index contributed by atoms with van der Waals surface area (Å²) in [6.07, 6.45) is 5.86. The maximum Gasteiger partial charge on any atom is 0.224 e. The topological polar surface area (TPSA) is 49.4 Å². The fourth-order valence-electron chi connectivity index (χ4n) is 3.25.